The van der Waals surface area contributed by atoms with Crippen molar-refractivity contribution in [1.29, 1.82) is 0 Å². The molecular weight excluding hydrogens is 431 g/mol. The summed E-state index contributed by atoms with van der Waals surface area (Å²) in [5, 5.41) is 0. The van der Waals surface area contributed by atoms with Crippen molar-refractivity contribution >= 4 is 8.53 Å². The molecule has 0 heterocycles. The predicted molar refractivity (Wildman–Crippen MR) is 143 cm³/mol. The van der Waals surface area contributed by atoms with Gasteiger partial charge in [0.15, 0.2) is 0 Å². The highest BCUT2D eigenvalue weighted by molar-refractivity contribution is 7.44. The number of nitrogens with zero attached hydrogens (tertiary/aromatic N) is 2. The van der Waals surface area contributed by atoms with Crippen LogP contribution in [0.5, 0.6) is 0 Å². The highest BCUT2D eigenvalue weighted by atomic mass is 31.2. The minimum atomic E-state index is -1.22. The van der Waals surface area contributed by atoms with Crippen molar-refractivity contribution in [2.75, 3.05) is 26.4 Å². The molecule has 196 valence electrons. The maximum Gasteiger partial charge on any atom is 0.259 e. The van der Waals surface area contributed by atoms with Crippen molar-refractivity contribution in [2.45, 2.75) is 138 Å². The second-order valence-electron chi connectivity index (χ2n) is 9.98. The zero-order chi connectivity index (χ0) is 25.1. The summed E-state index contributed by atoms with van der Waals surface area (Å²) >= 11 is 0. The Morgan fingerprint density at radius 1 is 0.879 bits per heavy atom. The molecule has 0 bridgehead atoms. The van der Waals surface area contributed by atoms with E-state index in [4.69, 9.17) is 20.4 Å². The van der Waals surface area contributed by atoms with Gasteiger partial charge in [0.1, 0.15) is 6.61 Å². The Morgan fingerprint density at radius 3 is 1.79 bits per heavy atom. The molecular formula is C27H55N2O3P. The molecule has 0 amide bonds. The van der Waals surface area contributed by atoms with Gasteiger partial charge in [0.25, 0.3) is 8.53 Å². The van der Waals surface area contributed by atoms with Gasteiger partial charge in [-0.2, -0.15) is 0 Å². The molecule has 0 radical (unpaired) electrons. The van der Waals surface area contributed by atoms with Gasteiger partial charge in [-0.25, -0.2) is 11.2 Å². The van der Waals surface area contributed by atoms with Crippen molar-refractivity contribution in [1.82, 2.24) is 4.67 Å². The molecule has 6 heteroatoms. The monoisotopic (exact) mass is 486 g/mol. The third-order valence-electron chi connectivity index (χ3n) is 6.24. The lowest BCUT2D eigenvalue weighted by atomic mass is 9.75. The Labute approximate surface area is 208 Å². The van der Waals surface area contributed by atoms with E-state index in [-0.39, 0.29) is 6.10 Å². The van der Waals surface area contributed by atoms with Crippen LogP contribution in [0.4, 0.5) is 0 Å². The van der Waals surface area contributed by atoms with Crippen LogP contribution in [-0.2, 0) is 13.8 Å². The first kappa shape index (κ1) is 32.8. The Morgan fingerprint density at radius 2 is 1.39 bits per heavy atom. The lowest BCUT2D eigenvalue weighted by molar-refractivity contribution is -0.0172. The molecule has 0 aliphatic heterocycles. The Hall–Kier alpha value is -0.240. The van der Waals surface area contributed by atoms with Gasteiger partial charge in [0, 0.05) is 12.1 Å². The fraction of sp³-hybridized carbons (Fsp3) is 0.963. The molecule has 0 aromatic rings. The summed E-state index contributed by atoms with van der Waals surface area (Å²) in [6.07, 6.45) is 12.3. The van der Waals surface area contributed by atoms with E-state index in [0.717, 1.165) is 13.0 Å². The summed E-state index contributed by atoms with van der Waals surface area (Å²) in [5.74, 6) is 0. The standard InChI is InChI=1S/C27H55N2O3P/c1-10-14-17-27(18-15-11-2,19-16-12-3)23-30-22-26(13-4)32-33(31-21-20-28-9)29(24(5)6)25(7)8/h24-26H,10-23H2,1-8H3. The molecule has 0 spiro atoms. The average Bonchev–Trinajstić information content (AvgIpc) is 2.78. The Kier molecular flexibility index (Phi) is 19.9. The molecule has 0 aliphatic rings. The number of rotatable bonds is 22. The Bertz CT molecular complexity index is 466. The first-order chi connectivity index (χ1) is 15.8. The maximum absolute atomic E-state index is 7.07. The highest BCUT2D eigenvalue weighted by Crippen LogP contribution is 2.47. The fourth-order valence-electron chi connectivity index (χ4n) is 4.29. The van der Waals surface area contributed by atoms with E-state index >= 15 is 0 Å². The van der Waals surface area contributed by atoms with Crippen LogP contribution < -0.4 is 0 Å². The van der Waals surface area contributed by atoms with Gasteiger partial charge in [-0.05, 0) is 58.8 Å². The summed E-state index contributed by atoms with van der Waals surface area (Å²) in [6.45, 7) is 27.0. The van der Waals surface area contributed by atoms with Crippen LogP contribution in [0.2, 0.25) is 0 Å². The fourth-order valence-corrected chi connectivity index (χ4v) is 6.05. The lowest BCUT2D eigenvalue weighted by Gasteiger charge is -2.37. The molecule has 0 aromatic carbocycles. The van der Waals surface area contributed by atoms with Crippen molar-refractivity contribution in [3.05, 3.63) is 11.4 Å². The van der Waals surface area contributed by atoms with Crippen LogP contribution >= 0.6 is 8.53 Å². The summed E-state index contributed by atoms with van der Waals surface area (Å²) in [7, 11) is -1.22. The largest absolute Gasteiger partial charge is 0.378 e. The van der Waals surface area contributed by atoms with Gasteiger partial charge in [-0.1, -0.05) is 66.2 Å². The number of ether oxygens (including phenoxy) is 1. The number of hydrogen-bond donors (Lipinski definition) is 0. The molecule has 0 fully saturated rings. The van der Waals surface area contributed by atoms with E-state index in [2.05, 4.69) is 64.9 Å². The van der Waals surface area contributed by atoms with Crippen LogP contribution in [-0.4, -0.2) is 49.2 Å². The summed E-state index contributed by atoms with van der Waals surface area (Å²) < 4.78 is 21.4. The van der Waals surface area contributed by atoms with Crippen LogP contribution in [0, 0.1) is 12.0 Å². The third kappa shape index (κ3) is 14.0. The van der Waals surface area contributed by atoms with E-state index in [1.165, 1.54) is 57.8 Å². The van der Waals surface area contributed by atoms with E-state index < -0.39 is 8.53 Å². The van der Waals surface area contributed by atoms with E-state index in [0.29, 0.717) is 37.3 Å². The summed E-state index contributed by atoms with van der Waals surface area (Å²) in [4.78, 5) is 3.44. The normalized spacial score (nSPS) is 14.2. The highest BCUT2D eigenvalue weighted by Gasteiger charge is 2.32. The van der Waals surface area contributed by atoms with Gasteiger partial charge >= 0.3 is 0 Å². The topological polar surface area (TPSA) is 35.3 Å². The van der Waals surface area contributed by atoms with E-state index in [9.17, 15) is 0 Å². The predicted octanol–water partition coefficient (Wildman–Crippen LogP) is 8.64. The van der Waals surface area contributed by atoms with Gasteiger partial charge in [-0.15, -0.1) is 0 Å². The van der Waals surface area contributed by atoms with Gasteiger partial charge < -0.3 is 18.6 Å². The molecule has 0 aliphatic carbocycles. The van der Waals surface area contributed by atoms with E-state index in [1.54, 1.807) is 0 Å². The summed E-state index contributed by atoms with van der Waals surface area (Å²) in [5.41, 5.74) is 0.305. The minimum absolute atomic E-state index is 0.00489. The molecule has 0 rings (SSSR count). The molecule has 5 nitrogen and oxygen atoms in total. The molecule has 0 saturated carbocycles. The Balaban J connectivity index is 5.23. The zero-order valence-electron chi connectivity index (χ0n) is 23.2. The van der Waals surface area contributed by atoms with Crippen molar-refractivity contribution in [3.63, 3.8) is 0 Å². The first-order valence-corrected chi connectivity index (χ1v) is 14.7. The average molecular weight is 487 g/mol. The van der Waals surface area contributed by atoms with Crippen LogP contribution in [0.25, 0.3) is 4.85 Å². The summed E-state index contributed by atoms with van der Waals surface area (Å²) in [6, 6.07) is 0.625. The molecule has 0 saturated heterocycles. The number of unbranched alkanes of at least 4 members (excludes halogenated alkanes) is 3. The van der Waals surface area contributed by atoms with Crippen molar-refractivity contribution in [3.8, 4) is 0 Å². The minimum Gasteiger partial charge on any atom is -0.378 e. The molecule has 0 aromatic heterocycles. The number of hydrogen-bond acceptors (Lipinski definition) is 4. The van der Waals surface area contributed by atoms with Crippen molar-refractivity contribution < 1.29 is 13.8 Å². The van der Waals surface area contributed by atoms with Gasteiger partial charge in [-0.3, -0.25) is 0 Å². The van der Waals surface area contributed by atoms with Crippen molar-refractivity contribution in [2.24, 2.45) is 5.41 Å². The van der Waals surface area contributed by atoms with Gasteiger partial charge in [0.2, 0.25) is 6.54 Å². The SMILES string of the molecule is [C-]#[N+]CCOP(OC(CC)COCC(CCCC)(CCCC)CCCC)N(C(C)C)C(C)C. The van der Waals surface area contributed by atoms with Gasteiger partial charge in [0.05, 0.1) is 19.3 Å². The second kappa shape index (κ2) is 20.0. The molecule has 0 N–H and O–H groups in total. The van der Waals surface area contributed by atoms with Crippen LogP contribution in [0.15, 0.2) is 0 Å². The van der Waals surface area contributed by atoms with E-state index in [1.807, 2.05) is 0 Å². The van der Waals surface area contributed by atoms with Crippen LogP contribution in [0.3, 0.4) is 0 Å². The zero-order valence-corrected chi connectivity index (χ0v) is 24.1. The molecule has 2 atom stereocenters. The third-order valence-corrected chi connectivity index (χ3v) is 8.42. The molecule has 33 heavy (non-hydrogen) atoms. The maximum atomic E-state index is 7.07. The second-order valence-corrected chi connectivity index (χ2v) is 11.4. The quantitative estimate of drug-likeness (QED) is 0.0871. The lowest BCUT2D eigenvalue weighted by Crippen LogP contribution is -2.35. The molecule has 2 unspecified atom stereocenters. The smallest absolute Gasteiger partial charge is 0.259 e. The van der Waals surface area contributed by atoms with Crippen LogP contribution in [0.1, 0.15) is 120 Å². The first-order valence-electron chi connectivity index (χ1n) is 13.6.